The van der Waals surface area contributed by atoms with Gasteiger partial charge in [0, 0.05) is 19.5 Å². The molecule has 0 aliphatic heterocycles. The number of rotatable bonds is 8. The van der Waals surface area contributed by atoms with Gasteiger partial charge in [-0.3, -0.25) is 9.10 Å². The van der Waals surface area contributed by atoms with Gasteiger partial charge in [-0.25, -0.2) is 8.42 Å². The van der Waals surface area contributed by atoms with Crippen LogP contribution >= 0.6 is 0 Å². The van der Waals surface area contributed by atoms with E-state index in [1.807, 2.05) is 6.92 Å². The van der Waals surface area contributed by atoms with Crippen LogP contribution in [0.25, 0.3) is 0 Å². The van der Waals surface area contributed by atoms with Crippen molar-refractivity contribution in [2.75, 3.05) is 23.7 Å². The molecule has 0 aromatic heterocycles. The number of carbonyl (C=O) groups excluding carboxylic acids is 1. The summed E-state index contributed by atoms with van der Waals surface area (Å²) in [5, 5.41) is 2.66. The highest BCUT2D eigenvalue weighted by Gasteiger charge is 2.30. The first-order valence-electron chi connectivity index (χ1n) is 7.47. The molecule has 9 heteroatoms. The summed E-state index contributed by atoms with van der Waals surface area (Å²) >= 11 is 0. The maximum Gasteiger partial charge on any atom is 0.416 e. The molecular weight excluding hydrogens is 345 g/mol. The highest BCUT2D eigenvalue weighted by atomic mass is 32.2. The van der Waals surface area contributed by atoms with Gasteiger partial charge in [-0.15, -0.1) is 0 Å². The van der Waals surface area contributed by atoms with Crippen molar-refractivity contribution in [2.24, 2.45) is 0 Å². The number of anilines is 1. The summed E-state index contributed by atoms with van der Waals surface area (Å²) in [4.78, 5) is 11.7. The molecule has 0 aliphatic carbocycles. The summed E-state index contributed by atoms with van der Waals surface area (Å²) in [6.45, 7) is 2.35. The predicted molar refractivity (Wildman–Crippen MR) is 86.2 cm³/mol. The second-order valence-electron chi connectivity index (χ2n) is 5.33. The number of benzene rings is 1. The molecule has 1 aromatic rings. The number of hydrogen-bond acceptors (Lipinski definition) is 3. The Bertz CT molecular complexity index is 643. The number of nitrogens with one attached hydrogen (secondary N) is 1. The third-order valence-electron chi connectivity index (χ3n) is 3.28. The molecule has 0 atom stereocenters. The molecule has 0 fully saturated rings. The fraction of sp³-hybridized carbons (Fsp3) is 0.533. The molecule has 5 nitrogen and oxygen atoms in total. The van der Waals surface area contributed by atoms with Crippen LogP contribution in [0.4, 0.5) is 18.9 Å². The normalized spacial score (nSPS) is 12.0. The van der Waals surface area contributed by atoms with Gasteiger partial charge >= 0.3 is 6.18 Å². The van der Waals surface area contributed by atoms with Gasteiger partial charge in [0.25, 0.3) is 0 Å². The van der Waals surface area contributed by atoms with Gasteiger partial charge < -0.3 is 5.32 Å². The third-order valence-corrected chi connectivity index (χ3v) is 4.47. The summed E-state index contributed by atoms with van der Waals surface area (Å²) < 4.78 is 62.4. The largest absolute Gasteiger partial charge is 0.416 e. The van der Waals surface area contributed by atoms with Crippen molar-refractivity contribution >= 4 is 21.6 Å². The van der Waals surface area contributed by atoms with Crippen LogP contribution in [0.15, 0.2) is 24.3 Å². The number of nitrogens with zero attached hydrogens (tertiary/aromatic N) is 1. The monoisotopic (exact) mass is 366 g/mol. The molecule has 136 valence electrons. The van der Waals surface area contributed by atoms with Gasteiger partial charge in [0.1, 0.15) is 0 Å². The highest BCUT2D eigenvalue weighted by Crippen LogP contribution is 2.31. The van der Waals surface area contributed by atoms with E-state index in [1.54, 1.807) is 0 Å². The van der Waals surface area contributed by atoms with Crippen molar-refractivity contribution in [3.63, 3.8) is 0 Å². The molecule has 0 saturated heterocycles. The topological polar surface area (TPSA) is 66.5 Å². The van der Waals surface area contributed by atoms with Crippen molar-refractivity contribution in [3.8, 4) is 0 Å². The van der Waals surface area contributed by atoms with E-state index >= 15 is 0 Å². The van der Waals surface area contributed by atoms with Crippen molar-refractivity contribution < 1.29 is 26.4 Å². The minimum atomic E-state index is -4.49. The number of alkyl halides is 3. The Morgan fingerprint density at radius 3 is 2.25 bits per heavy atom. The summed E-state index contributed by atoms with van der Waals surface area (Å²) in [5.41, 5.74) is -0.774. The minimum absolute atomic E-state index is 0.0716. The van der Waals surface area contributed by atoms with E-state index in [2.05, 4.69) is 5.32 Å². The molecule has 0 unspecified atom stereocenters. The molecule has 1 aromatic carbocycles. The van der Waals surface area contributed by atoms with E-state index in [9.17, 15) is 26.4 Å². The molecular formula is C15H21F3N2O3S. The Balaban J connectivity index is 2.82. The predicted octanol–water partition coefficient (Wildman–Crippen LogP) is 2.78. The van der Waals surface area contributed by atoms with Crippen molar-refractivity contribution in [1.82, 2.24) is 5.32 Å². The number of hydrogen-bond donors (Lipinski definition) is 1. The smallest absolute Gasteiger partial charge is 0.356 e. The van der Waals surface area contributed by atoms with Crippen LogP contribution in [0.2, 0.25) is 0 Å². The first kappa shape index (κ1) is 20.3. The zero-order chi connectivity index (χ0) is 18.4. The standard InChI is InChI=1S/C15H21F3N2O3S/c1-3-4-10-19-14(21)9-11-20(24(2,22)23)13-7-5-12(6-8-13)15(16,17)18/h5-8H,3-4,9-11H2,1-2H3,(H,19,21). The molecule has 0 radical (unpaired) electrons. The second-order valence-corrected chi connectivity index (χ2v) is 7.24. The van der Waals surface area contributed by atoms with Crippen LogP contribution in [0.5, 0.6) is 0 Å². The average Bonchev–Trinajstić information content (AvgIpc) is 2.46. The van der Waals surface area contributed by atoms with E-state index in [4.69, 9.17) is 0 Å². The first-order chi connectivity index (χ1) is 11.1. The number of amides is 1. The Morgan fingerprint density at radius 2 is 1.79 bits per heavy atom. The summed E-state index contributed by atoms with van der Waals surface area (Å²) in [6.07, 6.45) is -1.88. The summed E-state index contributed by atoms with van der Waals surface area (Å²) in [6, 6.07) is 3.79. The van der Waals surface area contributed by atoms with Gasteiger partial charge in [0.2, 0.25) is 15.9 Å². The van der Waals surface area contributed by atoms with Crippen molar-refractivity contribution in [2.45, 2.75) is 32.4 Å². The van der Waals surface area contributed by atoms with E-state index in [0.717, 1.165) is 47.7 Å². The van der Waals surface area contributed by atoms with Gasteiger partial charge in [0.05, 0.1) is 17.5 Å². The van der Waals surface area contributed by atoms with Crippen LogP contribution in [-0.4, -0.2) is 33.7 Å². The van der Waals surface area contributed by atoms with E-state index in [0.29, 0.717) is 6.54 Å². The lowest BCUT2D eigenvalue weighted by molar-refractivity contribution is -0.137. The van der Waals surface area contributed by atoms with E-state index in [1.165, 1.54) is 0 Å². The maximum atomic E-state index is 12.6. The number of sulfonamides is 1. The SMILES string of the molecule is CCCCNC(=O)CCN(c1ccc(C(F)(F)F)cc1)S(C)(=O)=O. The maximum absolute atomic E-state index is 12.6. The molecule has 1 N–H and O–H groups in total. The lowest BCUT2D eigenvalue weighted by Gasteiger charge is -2.22. The number of halogens is 3. The van der Waals surface area contributed by atoms with Crippen LogP contribution in [0.1, 0.15) is 31.7 Å². The molecule has 24 heavy (non-hydrogen) atoms. The van der Waals surface area contributed by atoms with Gasteiger partial charge in [0.15, 0.2) is 0 Å². The van der Waals surface area contributed by atoms with Crippen LogP contribution in [0.3, 0.4) is 0 Å². The van der Waals surface area contributed by atoms with Gasteiger partial charge in [-0.1, -0.05) is 13.3 Å². The average molecular weight is 366 g/mol. The van der Waals surface area contributed by atoms with Crippen molar-refractivity contribution in [3.05, 3.63) is 29.8 Å². The van der Waals surface area contributed by atoms with Crippen LogP contribution in [-0.2, 0) is 21.0 Å². The lowest BCUT2D eigenvalue weighted by atomic mass is 10.2. The highest BCUT2D eigenvalue weighted by molar-refractivity contribution is 7.92. The fourth-order valence-electron chi connectivity index (χ4n) is 2.00. The Labute approximate surface area is 139 Å². The zero-order valence-corrected chi connectivity index (χ0v) is 14.4. The molecule has 0 bridgehead atoms. The van der Waals surface area contributed by atoms with Gasteiger partial charge in [-0.05, 0) is 30.7 Å². The molecule has 0 heterocycles. The van der Waals surface area contributed by atoms with E-state index in [-0.39, 0.29) is 24.6 Å². The Morgan fingerprint density at radius 1 is 1.21 bits per heavy atom. The molecule has 0 aliphatic rings. The number of unbranched alkanes of at least 4 members (excludes halogenated alkanes) is 1. The third kappa shape index (κ3) is 6.38. The van der Waals surface area contributed by atoms with E-state index < -0.39 is 21.8 Å². The Hall–Kier alpha value is -1.77. The molecule has 0 saturated carbocycles. The molecule has 0 spiro atoms. The molecule has 1 amide bonds. The second kappa shape index (κ2) is 8.36. The fourth-order valence-corrected chi connectivity index (χ4v) is 2.93. The van der Waals surface area contributed by atoms with Crippen LogP contribution < -0.4 is 9.62 Å². The lowest BCUT2D eigenvalue weighted by Crippen LogP contribution is -2.34. The molecule has 1 rings (SSSR count). The summed E-state index contributed by atoms with van der Waals surface area (Å²) in [5.74, 6) is -0.302. The van der Waals surface area contributed by atoms with Crippen molar-refractivity contribution in [1.29, 1.82) is 0 Å². The van der Waals surface area contributed by atoms with Gasteiger partial charge in [-0.2, -0.15) is 13.2 Å². The number of carbonyl (C=O) groups is 1. The summed E-state index contributed by atoms with van der Waals surface area (Å²) in [7, 11) is -3.72. The van der Waals surface area contributed by atoms with Crippen LogP contribution in [0, 0.1) is 0 Å². The zero-order valence-electron chi connectivity index (χ0n) is 13.6. The Kier molecular flexibility index (Phi) is 7.07. The quantitative estimate of drug-likeness (QED) is 0.720. The minimum Gasteiger partial charge on any atom is -0.356 e. The first-order valence-corrected chi connectivity index (χ1v) is 9.32.